The predicted molar refractivity (Wildman–Crippen MR) is 91.9 cm³/mol. The fraction of sp³-hybridized carbons (Fsp3) is 0.579. The molecule has 1 unspecified atom stereocenters. The summed E-state index contributed by atoms with van der Waals surface area (Å²) in [5.74, 6) is 1.46. The van der Waals surface area contributed by atoms with Gasteiger partial charge in [-0.2, -0.15) is 0 Å². The summed E-state index contributed by atoms with van der Waals surface area (Å²) in [4.78, 5) is 27.9. The lowest BCUT2D eigenvalue weighted by molar-refractivity contribution is -0.136. The first kappa shape index (κ1) is 16.8. The average Bonchev–Trinajstić information content (AvgIpc) is 2.94. The van der Waals surface area contributed by atoms with Crippen molar-refractivity contribution in [2.45, 2.75) is 32.1 Å². The first-order valence-corrected chi connectivity index (χ1v) is 8.84. The highest BCUT2D eigenvalue weighted by molar-refractivity contribution is 5.89. The standard InChI is InChI=1S/C19H26N2O3/c1-3-24-17-7-5-4-6-16(17)14-8-10-21(11-9-14)19(23)15-12-18(22)20(2)13-15/h4-7,14-15H,3,8-13H2,1-2H3. The summed E-state index contributed by atoms with van der Waals surface area (Å²) in [6.45, 7) is 4.75. The third-order valence-electron chi connectivity index (χ3n) is 5.16. The quantitative estimate of drug-likeness (QED) is 0.851. The zero-order valence-electron chi connectivity index (χ0n) is 14.5. The molecule has 5 heteroatoms. The van der Waals surface area contributed by atoms with Crippen molar-refractivity contribution in [1.29, 1.82) is 0 Å². The molecule has 0 radical (unpaired) electrons. The van der Waals surface area contributed by atoms with Gasteiger partial charge >= 0.3 is 0 Å². The number of ether oxygens (including phenoxy) is 1. The van der Waals surface area contributed by atoms with Gasteiger partial charge in [-0.3, -0.25) is 9.59 Å². The largest absolute Gasteiger partial charge is 0.494 e. The molecule has 1 aromatic carbocycles. The number of piperidine rings is 1. The molecule has 1 aromatic rings. The molecular formula is C19H26N2O3. The SMILES string of the molecule is CCOc1ccccc1C1CCN(C(=O)C2CC(=O)N(C)C2)CC1. The Balaban J connectivity index is 1.60. The summed E-state index contributed by atoms with van der Waals surface area (Å²) < 4.78 is 5.75. The van der Waals surface area contributed by atoms with Gasteiger partial charge in [0, 0.05) is 33.1 Å². The maximum absolute atomic E-state index is 12.6. The van der Waals surface area contributed by atoms with Gasteiger partial charge in [0.2, 0.25) is 11.8 Å². The lowest BCUT2D eigenvalue weighted by Gasteiger charge is -2.34. The van der Waals surface area contributed by atoms with Crippen LogP contribution < -0.4 is 4.74 Å². The number of amides is 2. The van der Waals surface area contributed by atoms with Crippen molar-refractivity contribution in [3.63, 3.8) is 0 Å². The molecule has 130 valence electrons. The number of carbonyl (C=O) groups excluding carboxylic acids is 2. The Morgan fingerprint density at radius 2 is 1.96 bits per heavy atom. The first-order valence-electron chi connectivity index (χ1n) is 8.84. The van der Waals surface area contributed by atoms with Crippen LogP contribution in [0.3, 0.4) is 0 Å². The number of benzene rings is 1. The van der Waals surface area contributed by atoms with Crippen molar-refractivity contribution in [3.05, 3.63) is 29.8 Å². The van der Waals surface area contributed by atoms with Gasteiger partial charge in [0.25, 0.3) is 0 Å². The van der Waals surface area contributed by atoms with Crippen LogP contribution in [0.15, 0.2) is 24.3 Å². The van der Waals surface area contributed by atoms with Crippen LogP contribution in [0.25, 0.3) is 0 Å². The number of para-hydroxylation sites is 1. The molecule has 2 amide bonds. The fourth-order valence-electron chi connectivity index (χ4n) is 3.80. The zero-order valence-corrected chi connectivity index (χ0v) is 14.5. The Kier molecular flexibility index (Phi) is 5.07. The molecule has 0 aromatic heterocycles. The Morgan fingerprint density at radius 3 is 2.58 bits per heavy atom. The second-order valence-corrected chi connectivity index (χ2v) is 6.75. The number of carbonyl (C=O) groups is 2. The molecule has 2 aliphatic rings. The van der Waals surface area contributed by atoms with Gasteiger partial charge in [0.15, 0.2) is 0 Å². The van der Waals surface area contributed by atoms with Crippen molar-refractivity contribution < 1.29 is 14.3 Å². The molecule has 0 bridgehead atoms. The molecular weight excluding hydrogens is 304 g/mol. The number of rotatable bonds is 4. The van der Waals surface area contributed by atoms with Crippen LogP contribution in [-0.2, 0) is 9.59 Å². The van der Waals surface area contributed by atoms with E-state index >= 15 is 0 Å². The minimum absolute atomic E-state index is 0.0777. The molecule has 2 aliphatic heterocycles. The summed E-state index contributed by atoms with van der Waals surface area (Å²) >= 11 is 0. The monoisotopic (exact) mass is 330 g/mol. The maximum Gasteiger partial charge on any atom is 0.227 e. The molecule has 1 atom stereocenters. The average molecular weight is 330 g/mol. The second-order valence-electron chi connectivity index (χ2n) is 6.75. The van der Waals surface area contributed by atoms with E-state index in [0.717, 1.165) is 31.7 Å². The van der Waals surface area contributed by atoms with E-state index in [1.165, 1.54) is 5.56 Å². The van der Waals surface area contributed by atoms with Crippen LogP contribution in [0, 0.1) is 5.92 Å². The Hall–Kier alpha value is -2.04. The molecule has 2 saturated heterocycles. The van der Waals surface area contributed by atoms with E-state index in [1.807, 2.05) is 24.0 Å². The van der Waals surface area contributed by atoms with Crippen molar-refractivity contribution in [1.82, 2.24) is 9.80 Å². The number of hydrogen-bond acceptors (Lipinski definition) is 3. The molecule has 0 N–H and O–H groups in total. The minimum atomic E-state index is -0.158. The fourth-order valence-corrected chi connectivity index (χ4v) is 3.80. The van der Waals surface area contributed by atoms with Crippen molar-refractivity contribution in [3.8, 4) is 5.75 Å². The van der Waals surface area contributed by atoms with Gasteiger partial charge in [0.1, 0.15) is 5.75 Å². The molecule has 24 heavy (non-hydrogen) atoms. The van der Waals surface area contributed by atoms with Crippen LogP contribution in [0.1, 0.15) is 37.7 Å². The number of hydrogen-bond donors (Lipinski definition) is 0. The lowest BCUT2D eigenvalue weighted by Crippen LogP contribution is -2.42. The second kappa shape index (κ2) is 7.24. The summed E-state index contributed by atoms with van der Waals surface area (Å²) in [6, 6.07) is 8.21. The summed E-state index contributed by atoms with van der Waals surface area (Å²) in [5.41, 5.74) is 1.25. The van der Waals surface area contributed by atoms with Crippen molar-refractivity contribution in [2.24, 2.45) is 5.92 Å². The number of nitrogens with zero attached hydrogens (tertiary/aromatic N) is 2. The minimum Gasteiger partial charge on any atom is -0.494 e. The summed E-state index contributed by atoms with van der Waals surface area (Å²) in [7, 11) is 1.77. The highest BCUT2D eigenvalue weighted by Crippen LogP contribution is 2.34. The highest BCUT2D eigenvalue weighted by Gasteiger charge is 2.36. The third-order valence-corrected chi connectivity index (χ3v) is 5.16. The van der Waals surface area contributed by atoms with Crippen LogP contribution >= 0.6 is 0 Å². The first-order chi connectivity index (χ1) is 11.6. The van der Waals surface area contributed by atoms with Gasteiger partial charge in [-0.05, 0) is 37.3 Å². The van der Waals surface area contributed by atoms with E-state index in [2.05, 4.69) is 12.1 Å². The van der Waals surface area contributed by atoms with E-state index in [1.54, 1.807) is 11.9 Å². The van der Waals surface area contributed by atoms with Crippen LogP contribution in [0.2, 0.25) is 0 Å². The van der Waals surface area contributed by atoms with Gasteiger partial charge in [-0.15, -0.1) is 0 Å². The summed E-state index contributed by atoms with van der Waals surface area (Å²) in [5, 5.41) is 0. The molecule has 5 nitrogen and oxygen atoms in total. The molecule has 0 aliphatic carbocycles. The van der Waals surface area contributed by atoms with E-state index in [0.29, 0.717) is 25.5 Å². The Labute approximate surface area is 143 Å². The van der Waals surface area contributed by atoms with Crippen molar-refractivity contribution >= 4 is 11.8 Å². The highest BCUT2D eigenvalue weighted by atomic mass is 16.5. The van der Waals surface area contributed by atoms with Crippen LogP contribution in [0.4, 0.5) is 0 Å². The third kappa shape index (κ3) is 3.40. The Morgan fingerprint density at radius 1 is 1.25 bits per heavy atom. The van der Waals surface area contributed by atoms with Crippen LogP contribution in [-0.4, -0.2) is 54.9 Å². The summed E-state index contributed by atoms with van der Waals surface area (Å²) in [6.07, 6.45) is 2.26. The maximum atomic E-state index is 12.6. The zero-order chi connectivity index (χ0) is 17.1. The van der Waals surface area contributed by atoms with Gasteiger partial charge in [0.05, 0.1) is 12.5 Å². The topological polar surface area (TPSA) is 49.9 Å². The van der Waals surface area contributed by atoms with Crippen LogP contribution in [0.5, 0.6) is 5.75 Å². The van der Waals surface area contributed by atoms with Gasteiger partial charge < -0.3 is 14.5 Å². The van der Waals surface area contributed by atoms with E-state index in [4.69, 9.17) is 4.74 Å². The van der Waals surface area contributed by atoms with E-state index < -0.39 is 0 Å². The Bertz CT molecular complexity index is 608. The van der Waals surface area contributed by atoms with Gasteiger partial charge in [-0.1, -0.05) is 18.2 Å². The molecule has 3 rings (SSSR count). The smallest absolute Gasteiger partial charge is 0.227 e. The molecule has 2 fully saturated rings. The lowest BCUT2D eigenvalue weighted by atomic mass is 9.88. The van der Waals surface area contributed by atoms with E-state index in [-0.39, 0.29) is 17.7 Å². The molecule has 0 saturated carbocycles. The van der Waals surface area contributed by atoms with Gasteiger partial charge in [-0.25, -0.2) is 0 Å². The number of likely N-dealkylation sites (tertiary alicyclic amines) is 2. The van der Waals surface area contributed by atoms with Crippen molar-refractivity contribution in [2.75, 3.05) is 33.3 Å². The molecule has 2 heterocycles. The van der Waals surface area contributed by atoms with E-state index in [9.17, 15) is 9.59 Å². The normalized spacial score (nSPS) is 22.1. The molecule has 0 spiro atoms. The predicted octanol–water partition coefficient (Wildman–Crippen LogP) is 2.27.